The molecule has 0 fully saturated rings. The highest BCUT2D eigenvalue weighted by Gasteiger charge is 2.18. The monoisotopic (exact) mass is 680 g/mol. The maximum absolute atomic E-state index is 6.34. The molecule has 0 saturated heterocycles. The summed E-state index contributed by atoms with van der Waals surface area (Å²) >= 11 is 19.0. The van der Waals surface area contributed by atoms with Gasteiger partial charge in [-0.2, -0.15) is 0 Å². The van der Waals surface area contributed by atoms with Crippen molar-refractivity contribution in [3.05, 3.63) is 147 Å². The highest BCUT2D eigenvalue weighted by Crippen LogP contribution is 2.38. The fraction of sp³-hybridized carbons (Fsp3) is 0.0244. The van der Waals surface area contributed by atoms with Crippen molar-refractivity contribution in [2.45, 2.75) is 6.92 Å². The molecule has 5 heterocycles. The van der Waals surface area contributed by atoms with Crippen LogP contribution < -0.4 is 0 Å². The predicted octanol–water partition coefficient (Wildman–Crippen LogP) is 12.6. The van der Waals surface area contributed by atoms with Crippen molar-refractivity contribution < 1.29 is 0 Å². The second-order valence-electron chi connectivity index (χ2n) is 11.8. The highest BCUT2D eigenvalue weighted by atomic mass is 35.5. The van der Waals surface area contributed by atoms with Crippen molar-refractivity contribution in [1.82, 2.24) is 19.9 Å². The molecule has 0 unspecified atom stereocenters. The molecule has 0 saturated carbocycles. The van der Waals surface area contributed by atoms with E-state index in [1.165, 1.54) is 0 Å². The first-order valence-electron chi connectivity index (χ1n) is 15.4. The SMILES string of the molecule is C=C(C)c1c2nc(c(-c3ccc(Cl)cc3)c3ccc([nH]3)c(-c3ccc(Cl)cc3)c3nc(c(-c4ccc(Cl)cc4)c4ccc1[nH]4)C=C3)C=C2. The van der Waals surface area contributed by atoms with Gasteiger partial charge >= 0.3 is 0 Å². The molecule has 0 amide bonds. The average Bonchev–Trinajstić information content (AvgIpc) is 3.91. The van der Waals surface area contributed by atoms with E-state index < -0.39 is 0 Å². The average molecular weight is 682 g/mol. The van der Waals surface area contributed by atoms with Crippen molar-refractivity contribution in [2.75, 3.05) is 0 Å². The van der Waals surface area contributed by atoms with Crippen molar-refractivity contribution >= 4 is 86.7 Å². The van der Waals surface area contributed by atoms with Crippen LogP contribution >= 0.6 is 34.8 Å². The maximum atomic E-state index is 6.34. The van der Waals surface area contributed by atoms with Gasteiger partial charge in [0.2, 0.25) is 0 Å². The van der Waals surface area contributed by atoms with E-state index in [-0.39, 0.29) is 0 Å². The number of aromatic amines is 2. The van der Waals surface area contributed by atoms with Gasteiger partial charge in [-0.25, -0.2) is 9.97 Å². The van der Waals surface area contributed by atoms with E-state index in [0.717, 1.165) is 89.4 Å². The van der Waals surface area contributed by atoms with Crippen molar-refractivity contribution in [3.63, 3.8) is 0 Å². The molecule has 8 rings (SSSR count). The summed E-state index contributed by atoms with van der Waals surface area (Å²) in [6, 6.07) is 31.9. The summed E-state index contributed by atoms with van der Waals surface area (Å²) in [5.41, 5.74) is 14.6. The Labute approximate surface area is 292 Å². The van der Waals surface area contributed by atoms with Gasteiger partial charge in [0.05, 0.1) is 22.8 Å². The number of hydrogen-bond acceptors (Lipinski definition) is 2. The van der Waals surface area contributed by atoms with Crippen LogP contribution in [0.25, 0.3) is 85.3 Å². The summed E-state index contributed by atoms with van der Waals surface area (Å²) in [7, 11) is 0. The number of allylic oxidation sites excluding steroid dienone is 1. The number of halogens is 3. The van der Waals surface area contributed by atoms with Gasteiger partial charge < -0.3 is 9.97 Å². The van der Waals surface area contributed by atoms with Crippen LogP contribution in [0.5, 0.6) is 0 Å². The number of fused-ring (bicyclic) bond motifs is 8. The minimum atomic E-state index is 0.666. The smallest absolute Gasteiger partial charge is 0.0737 e. The van der Waals surface area contributed by atoms with E-state index in [2.05, 4.69) is 65.1 Å². The van der Waals surface area contributed by atoms with Crippen LogP contribution in [-0.4, -0.2) is 19.9 Å². The minimum Gasteiger partial charge on any atom is -0.354 e. The van der Waals surface area contributed by atoms with E-state index in [4.69, 9.17) is 44.8 Å². The highest BCUT2D eigenvalue weighted by molar-refractivity contribution is 6.31. The normalized spacial score (nSPS) is 12.1. The molecule has 6 aromatic rings. The van der Waals surface area contributed by atoms with E-state index >= 15 is 0 Å². The lowest BCUT2D eigenvalue weighted by Crippen LogP contribution is -1.90. The zero-order chi connectivity index (χ0) is 32.9. The maximum Gasteiger partial charge on any atom is 0.0737 e. The van der Waals surface area contributed by atoms with Gasteiger partial charge in [-0.15, -0.1) is 0 Å². The van der Waals surface area contributed by atoms with Crippen LogP contribution in [0.3, 0.4) is 0 Å². The van der Waals surface area contributed by atoms with Gasteiger partial charge in [-0.05, 0) is 114 Å². The number of rotatable bonds is 4. The molecule has 232 valence electrons. The van der Waals surface area contributed by atoms with Crippen LogP contribution in [0.4, 0.5) is 0 Å². The lowest BCUT2D eigenvalue weighted by atomic mass is 10.0. The third-order valence-corrected chi connectivity index (χ3v) is 9.34. The van der Waals surface area contributed by atoms with Crippen LogP contribution in [0.1, 0.15) is 35.3 Å². The molecule has 0 spiro atoms. The Morgan fingerprint density at radius 2 is 0.771 bits per heavy atom. The Kier molecular flexibility index (Phi) is 7.65. The number of hydrogen-bond donors (Lipinski definition) is 2. The van der Waals surface area contributed by atoms with Gasteiger partial charge in [0.25, 0.3) is 0 Å². The Morgan fingerprint density at radius 1 is 0.458 bits per heavy atom. The van der Waals surface area contributed by atoms with Crippen LogP contribution in [-0.2, 0) is 0 Å². The van der Waals surface area contributed by atoms with Gasteiger partial charge in [0, 0.05) is 59.4 Å². The first kappa shape index (κ1) is 30.2. The van der Waals surface area contributed by atoms with Crippen LogP contribution in [0.15, 0.2) is 104 Å². The van der Waals surface area contributed by atoms with Crippen LogP contribution in [0, 0.1) is 0 Å². The summed E-state index contributed by atoms with van der Waals surface area (Å²) in [6.07, 6.45) is 8.25. The standard InChI is InChI=1S/C41H27Cl3N4/c1-23(2)38-30-15-17-32(45-30)39(24-3-9-27(42)10-4-24)34-19-21-36(47-34)41(26-7-13-29(44)14-8-26)37-22-20-35(48-37)40(33-18-16-31(38)46-33)25-5-11-28(43)12-6-25/h3-22,45,48H,1H2,2H3. The quantitative estimate of drug-likeness (QED) is 0.194. The summed E-state index contributed by atoms with van der Waals surface area (Å²) in [6.45, 7) is 6.35. The lowest BCUT2D eigenvalue weighted by molar-refractivity contribution is 1.30. The molecule has 3 aromatic heterocycles. The van der Waals surface area contributed by atoms with Gasteiger partial charge in [0.1, 0.15) is 0 Å². The minimum absolute atomic E-state index is 0.666. The molecule has 0 atom stereocenters. The van der Waals surface area contributed by atoms with Gasteiger partial charge in [-0.1, -0.05) is 77.8 Å². The first-order valence-corrected chi connectivity index (χ1v) is 16.6. The van der Waals surface area contributed by atoms with E-state index in [0.29, 0.717) is 15.1 Å². The molecule has 2 aliphatic rings. The van der Waals surface area contributed by atoms with Crippen molar-refractivity contribution in [3.8, 4) is 33.4 Å². The molecule has 2 aliphatic heterocycles. The van der Waals surface area contributed by atoms with Gasteiger partial charge in [-0.3, -0.25) is 0 Å². The Balaban J connectivity index is 1.57. The fourth-order valence-corrected chi connectivity index (χ4v) is 6.79. The molecule has 4 nitrogen and oxygen atoms in total. The molecule has 0 radical (unpaired) electrons. The topological polar surface area (TPSA) is 57.4 Å². The molecule has 3 aromatic carbocycles. The zero-order valence-electron chi connectivity index (χ0n) is 25.8. The van der Waals surface area contributed by atoms with Crippen molar-refractivity contribution in [1.29, 1.82) is 0 Å². The largest absolute Gasteiger partial charge is 0.354 e. The molecular weight excluding hydrogens is 655 g/mol. The van der Waals surface area contributed by atoms with E-state index in [1.54, 1.807) is 0 Å². The molecule has 8 bridgehead atoms. The second-order valence-corrected chi connectivity index (χ2v) is 13.1. The van der Waals surface area contributed by atoms with Gasteiger partial charge in [0.15, 0.2) is 0 Å². The van der Waals surface area contributed by atoms with E-state index in [9.17, 15) is 0 Å². The third-order valence-electron chi connectivity index (χ3n) is 8.58. The summed E-state index contributed by atoms with van der Waals surface area (Å²) in [5.74, 6) is 0. The summed E-state index contributed by atoms with van der Waals surface area (Å²) in [5, 5.41) is 2.00. The number of benzene rings is 3. The third kappa shape index (κ3) is 5.48. The first-order chi connectivity index (χ1) is 23.3. The molecule has 2 N–H and O–H groups in total. The second kappa shape index (κ2) is 12.1. The summed E-state index contributed by atoms with van der Waals surface area (Å²) < 4.78 is 0. The number of H-pyrrole nitrogens is 2. The molecule has 0 aliphatic carbocycles. The molecule has 48 heavy (non-hydrogen) atoms. The predicted molar refractivity (Wildman–Crippen MR) is 205 cm³/mol. The fourth-order valence-electron chi connectivity index (χ4n) is 6.42. The molecular formula is C41H27Cl3N4. The number of nitrogens with one attached hydrogen (secondary N) is 2. The zero-order valence-corrected chi connectivity index (χ0v) is 28.1. The Morgan fingerprint density at radius 3 is 1.15 bits per heavy atom. The van der Waals surface area contributed by atoms with Crippen molar-refractivity contribution in [2.24, 2.45) is 0 Å². The Hall–Kier alpha value is -5.13. The Bertz CT molecular complexity index is 2440. The van der Waals surface area contributed by atoms with Crippen LogP contribution in [0.2, 0.25) is 15.1 Å². The summed E-state index contributed by atoms with van der Waals surface area (Å²) in [4.78, 5) is 17.9. The number of nitrogens with zero attached hydrogens (tertiary/aromatic N) is 2. The number of aromatic nitrogens is 4. The lowest BCUT2D eigenvalue weighted by Gasteiger charge is -2.07. The molecule has 7 heteroatoms. The van der Waals surface area contributed by atoms with E-state index in [1.807, 2.05) is 79.7 Å².